The molecule has 0 aromatic carbocycles. The number of piperidine rings is 1. The Labute approximate surface area is 137 Å². The summed E-state index contributed by atoms with van der Waals surface area (Å²) in [6, 6.07) is 0.151. The summed E-state index contributed by atoms with van der Waals surface area (Å²) in [5.41, 5.74) is 1.57. The summed E-state index contributed by atoms with van der Waals surface area (Å²) in [7, 11) is 0. The van der Waals surface area contributed by atoms with E-state index in [0.29, 0.717) is 5.88 Å². The summed E-state index contributed by atoms with van der Waals surface area (Å²) >= 11 is 6.23. The second-order valence-corrected chi connectivity index (χ2v) is 6.94. The standard InChI is InChI=1S/C18H24ClNO2/c1-18(13-19)8-5-9-20(14-18)17(15-6-3-2-4-7-15)16-12-21-10-11-22-16/h2-3,6,10-12,17H,4-5,7-9,13-14H2,1H3. The predicted octanol–water partition coefficient (Wildman–Crippen LogP) is 4.33. The summed E-state index contributed by atoms with van der Waals surface area (Å²) in [6.07, 6.45) is 16.0. The molecule has 1 saturated heterocycles. The Balaban J connectivity index is 1.86. The van der Waals surface area contributed by atoms with Crippen molar-refractivity contribution in [1.29, 1.82) is 0 Å². The number of alkyl halides is 1. The third kappa shape index (κ3) is 3.41. The first-order valence-corrected chi connectivity index (χ1v) is 8.58. The maximum atomic E-state index is 6.23. The van der Waals surface area contributed by atoms with E-state index >= 15 is 0 Å². The van der Waals surface area contributed by atoms with E-state index in [1.807, 2.05) is 0 Å². The fourth-order valence-corrected chi connectivity index (χ4v) is 3.75. The fraction of sp³-hybridized carbons (Fsp3) is 0.556. The maximum absolute atomic E-state index is 6.23. The molecule has 0 spiro atoms. The van der Waals surface area contributed by atoms with Gasteiger partial charge in [0.05, 0.1) is 6.04 Å². The highest BCUT2D eigenvalue weighted by Crippen LogP contribution is 2.36. The van der Waals surface area contributed by atoms with Gasteiger partial charge in [0.2, 0.25) is 0 Å². The normalized spacial score (nSPS) is 30.1. The van der Waals surface area contributed by atoms with E-state index in [4.69, 9.17) is 21.1 Å². The molecule has 3 rings (SSSR count). The van der Waals surface area contributed by atoms with Crippen LogP contribution in [0.25, 0.3) is 0 Å². The SMILES string of the molecule is CC1(CCl)CCCN(C(C2=CC=CCC2)C2=COC=CO2)C1. The van der Waals surface area contributed by atoms with Crippen LogP contribution in [-0.4, -0.2) is 29.9 Å². The van der Waals surface area contributed by atoms with Gasteiger partial charge in [0.1, 0.15) is 18.8 Å². The number of rotatable bonds is 4. The zero-order chi connectivity index (χ0) is 15.4. The van der Waals surface area contributed by atoms with Crippen molar-refractivity contribution in [3.05, 3.63) is 48.3 Å². The summed E-state index contributed by atoms with van der Waals surface area (Å²) in [5.74, 6) is 1.58. The van der Waals surface area contributed by atoms with Crippen molar-refractivity contribution in [2.24, 2.45) is 5.41 Å². The monoisotopic (exact) mass is 321 g/mol. The summed E-state index contributed by atoms with van der Waals surface area (Å²) in [5, 5.41) is 0. The summed E-state index contributed by atoms with van der Waals surface area (Å²) in [4.78, 5) is 2.51. The smallest absolute Gasteiger partial charge is 0.160 e. The highest BCUT2D eigenvalue weighted by atomic mass is 35.5. The molecule has 3 nitrogen and oxygen atoms in total. The van der Waals surface area contributed by atoms with Gasteiger partial charge in [-0.25, -0.2) is 0 Å². The first-order chi connectivity index (χ1) is 10.7. The third-order valence-corrected chi connectivity index (χ3v) is 5.33. The highest BCUT2D eigenvalue weighted by molar-refractivity contribution is 6.18. The van der Waals surface area contributed by atoms with Gasteiger partial charge in [-0.15, -0.1) is 11.6 Å². The first-order valence-electron chi connectivity index (χ1n) is 8.05. The minimum absolute atomic E-state index is 0.151. The molecule has 1 aliphatic carbocycles. The molecule has 0 bridgehead atoms. The Hall–Kier alpha value is -1.19. The Kier molecular flexibility index (Phi) is 4.94. The molecule has 120 valence electrons. The van der Waals surface area contributed by atoms with Crippen LogP contribution in [0.5, 0.6) is 0 Å². The second-order valence-electron chi connectivity index (χ2n) is 6.68. The Morgan fingerprint density at radius 1 is 1.41 bits per heavy atom. The van der Waals surface area contributed by atoms with Crippen LogP contribution in [0.1, 0.15) is 32.6 Å². The van der Waals surface area contributed by atoms with E-state index in [-0.39, 0.29) is 11.5 Å². The van der Waals surface area contributed by atoms with E-state index in [2.05, 4.69) is 30.1 Å². The van der Waals surface area contributed by atoms with E-state index in [9.17, 15) is 0 Å². The lowest BCUT2D eigenvalue weighted by Crippen LogP contribution is -2.49. The zero-order valence-corrected chi connectivity index (χ0v) is 13.9. The molecule has 2 atom stereocenters. The lowest BCUT2D eigenvalue weighted by atomic mass is 9.82. The van der Waals surface area contributed by atoms with E-state index in [0.717, 1.165) is 31.7 Å². The van der Waals surface area contributed by atoms with Crippen molar-refractivity contribution in [3.8, 4) is 0 Å². The average molecular weight is 322 g/mol. The van der Waals surface area contributed by atoms with Crippen molar-refractivity contribution in [2.45, 2.75) is 38.6 Å². The number of halogens is 1. The molecule has 4 heteroatoms. The quantitative estimate of drug-likeness (QED) is 0.719. The van der Waals surface area contributed by atoms with E-state index in [1.165, 1.54) is 18.4 Å². The fourth-order valence-electron chi connectivity index (χ4n) is 3.53. The molecule has 0 aromatic heterocycles. The van der Waals surface area contributed by atoms with Crippen molar-refractivity contribution in [2.75, 3.05) is 19.0 Å². The van der Waals surface area contributed by atoms with Crippen LogP contribution in [0.15, 0.2) is 48.3 Å². The Bertz CT molecular complexity index is 523. The van der Waals surface area contributed by atoms with Gasteiger partial charge in [0, 0.05) is 12.4 Å². The number of ether oxygens (including phenoxy) is 2. The van der Waals surface area contributed by atoms with Gasteiger partial charge < -0.3 is 9.47 Å². The number of nitrogens with zero attached hydrogens (tertiary/aromatic N) is 1. The Morgan fingerprint density at radius 3 is 3.00 bits per heavy atom. The predicted molar refractivity (Wildman–Crippen MR) is 89.3 cm³/mol. The molecule has 22 heavy (non-hydrogen) atoms. The number of allylic oxidation sites excluding steroid dienone is 3. The van der Waals surface area contributed by atoms with Gasteiger partial charge in [-0.05, 0) is 43.2 Å². The minimum atomic E-state index is 0.151. The molecule has 2 heterocycles. The van der Waals surface area contributed by atoms with Gasteiger partial charge in [-0.3, -0.25) is 4.90 Å². The van der Waals surface area contributed by atoms with Crippen LogP contribution in [0, 0.1) is 5.41 Å². The van der Waals surface area contributed by atoms with Crippen molar-refractivity contribution >= 4 is 11.6 Å². The molecule has 0 N–H and O–H groups in total. The molecule has 0 radical (unpaired) electrons. The lowest BCUT2D eigenvalue weighted by Gasteiger charge is -2.44. The minimum Gasteiger partial charge on any atom is -0.466 e. The molecular formula is C18H24ClNO2. The van der Waals surface area contributed by atoms with Gasteiger partial charge in [-0.2, -0.15) is 0 Å². The first kappa shape index (κ1) is 15.7. The van der Waals surface area contributed by atoms with E-state index in [1.54, 1.807) is 18.8 Å². The molecule has 1 fully saturated rings. The molecule has 0 aromatic rings. The Morgan fingerprint density at radius 2 is 2.32 bits per heavy atom. The van der Waals surface area contributed by atoms with Crippen molar-refractivity contribution in [3.63, 3.8) is 0 Å². The number of likely N-dealkylation sites (tertiary alicyclic amines) is 1. The van der Waals surface area contributed by atoms with Crippen LogP contribution in [-0.2, 0) is 9.47 Å². The lowest BCUT2D eigenvalue weighted by molar-refractivity contribution is 0.0792. The van der Waals surface area contributed by atoms with E-state index < -0.39 is 0 Å². The second kappa shape index (κ2) is 6.93. The number of hydrogen-bond donors (Lipinski definition) is 0. The van der Waals surface area contributed by atoms with Crippen LogP contribution in [0.3, 0.4) is 0 Å². The van der Waals surface area contributed by atoms with Gasteiger partial charge in [0.25, 0.3) is 0 Å². The topological polar surface area (TPSA) is 21.7 Å². The molecule has 0 saturated carbocycles. The van der Waals surface area contributed by atoms with Crippen LogP contribution < -0.4 is 0 Å². The zero-order valence-electron chi connectivity index (χ0n) is 13.1. The van der Waals surface area contributed by atoms with Crippen LogP contribution in [0.2, 0.25) is 0 Å². The van der Waals surface area contributed by atoms with Crippen LogP contribution >= 0.6 is 11.6 Å². The van der Waals surface area contributed by atoms with Gasteiger partial charge in [-0.1, -0.05) is 25.2 Å². The summed E-state index contributed by atoms with van der Waals surface area (Å²) < 4.78 is 11.1. The largest absolute Gasteiger partial charge is 0.466 e. The molecule has 2 aliphatic heterocycles. The molecule has 3 aliphatic rings. The van der Waals surface area contributed by atoms with Gasteiger partial charge >= 0.3 is 0 Å². The van der Waals surface area contributed by atoms with Gasteiger partial charge in [0.15, 0.2) is 5.76 Å². The van der Waals surface area contributed by atoms with Crippen molar-refractivity contribution in [1.82, 2.24) is 4.90 Å². The van der Waals surface area contributed by atoms with Crippen LogP contribution in [0.4, 0.5) is 0 Å². The highest BCUT2D eigenvalue weighted by Gasteiger charge is 2.37. The van der Waals surface area contributed by atoms with Crippen molar-refractivity contribution < 1.29 is 9.47 Å². The third-order valence-electron chi connectivity index (χ3n) is 4.69. The molecule has 0 amide bonds. The molecule has 2 unspecified atom stereocenters. The maximum Gasteiger partial charge on any atom is 0.160 e. The molecular weight excluding hydrogens is 298 g/mol. The number of hydrogen-bond acceptors (Lipinski definition) is 3. The average Bonchev–Trinajstić information content (AvgIpc) is 2.57. The summed E-state index contributed by atoms with van der Waals surface area (Å²) in [6.45, 7) is 4.35.